The number of esters is 1. The lowest BCUT2D eigenvalue weighted by molar-refractivity contribution is -0.163. The third-order valence-corrected chi connectivity index (χ3v) is 8.28. The van der Waals surface area contributed by atoms with E-state index in [-0.39, 0.29) is 6.61 Å². The second kappa shape index (κ2) is 12.2. The van der Waals surface area contributed by atoms with Gasteiger partial charge in [0.25, 0.3) is 0 Å². The van der Waals surface area contributed by atoms with Crippen molar-refractivity contribution in [2.45, 2.75) is 90.8 Å². The van der Waals surface area contributed by atoms with Crippen molar-refractivity contribution in [2.24, 2.45) is 16.9 Å². The van der Waals surface area contributed by atoms with Crippen molar-refractivity contribution in [1.29, 1.82) is 0 Å². The number of aryl methyl sites for hydroxylation is 1. The maximum Gasteiger partial charge on any atom is 0.313 e. The molecule has 0 fully saturated rings. The molecule has 3 rings (SSSR count). The van der Waals surface area contributed by atoms with Crippen molar-refractivity contribution in [1.82, 2.24) is 0 Å². The van der Waals surface area contributed by atoms with Gasteiger partial charge in [-0.2, -0.15) is 0 Å². The summed E-state index contributed by atoms with van der Waals surface area (Å²) in [5.41, 5.74) is 10.9. The Kier molecular flexibility index (Phi) is 9.68. The van der Waals surface area contributed by atoms with Crippen molar-refractivity contribution in [3.05, 3.63) is 41.3 Å². The van der Waals surface area contributed by atoms with Gasteiger partial charge in [0, 0.05) is 27.4 Å². The number of thiophene rings is 1. The van der Waals surface area contributed by atoms with E-state index in [9.17, 15) is 9.90 Å². The molecule has 0 amide bonds. The van der Waals surface area contributed by atoms with Gasteiger partial charge in [0.15, 0.2) is 0 Å². The Morgan fingerprint density at radius 3 is 2.45 bits per heavy atom. The standard InChI is InChI=1S/C30H44N2O5S/c1-7-23-13-14-26(38-23)25-16-20-11-12-22(17-24(20)37-25)35-15-9-8-10-21(33)18-36-27(34)30(6,29(4,5)32)19-28(2,3)31/h11-14,16-17,21,33H,7-10,15,18-19,31-32H2,1-6H3. The van der Waals surface area contributed by atoms with Crippen LogP contribution in [0.3, 0.4) is 0 Å². The zero-order valence-corrected chi connectivity index (χ0v) is 24.5. The number of carbonyl (C=O) groups excluding carboxylic acids is 1. The van der Waals surface area contributed by atoms with Crippen LogP contribution >= 0.6 is 11.3 Å². The third-order valence-electron chi connectivity index (χ3n) is 7.03. The van der Waals surface area contributed by atoms with E-state index >= 15 is 0 Å². The van der Waals surface area contributed by atoms with Gasteiger partial charge in [-0.15, -0.1) is 11.3 Å². The summed E-state index contributed by atoms with van der Waals surface area (Å²) < 4.78 is 17.5. The number of furan rings is 1. The van der Waals surface area contributed by atoms with E-state index in [4.69, 9.17) is 25.4 Å². The fourth-order valence-electron chi connectivity index (χ4n) is 4.48. The number of rotatable bonds is 14. The van der Waals surface area contributed by atoms with E-state index in [2.05, 4.69) is 25.1 Å². The molecule has 38 heavy (non-hydrogen) atoms. The summed E-state index contributed by atoms with van der Waals surface area (Å²) in [5, 5.41) is 11.4. The minimum absolute atomic E-state index is 0.0716. The van der Waals surface area contributed by atoms with Crippen molar-refractivity contribution in [3.8, 4) is 16.4 Å². The number of carbonyl (C=O) groups is 1. The van der Waals surface area contributed by atoms with E-state index in [1.807, 2.05) is 32.0 Å². The predicted molar refractivity (Wildman–Crippen MR) is 154 cm³/mol. The quantitative estimate of drug-likeness (QED) is 0.167. The zero-order chi connectivity index (χ0) is 28.1. The molecule has 3 aromatic rings. The van der Waals surface area contributed by atoms with E-state index < -0.39 is 28.6 Å². The molecule has 0 spiro atoms. The number of nitrogens with two attached hydrogens (primary N) is 2. The van der Waals surface area contributed by atoms with Crippen LogP contribution in [0.25, 0.3) is 21.6 Å². The molecule has 5 N–H and O–H groups in total. The van der Waals surface area contributed by atoms with Gasteiger partial charge >= 0.3 is 5.97 Å². The first-order valence-electron chi connectivity index (χ1n) is 13.4. The highest BCUT2D eigenvalue weighted by Crippen LogP contribution is 2.38. The molecule has 0 aliphatic heterocycles. The minimum Gasteiger partial charge on any atom is -0.493 e. The Bertz CT molecular complexity index is 1200. The number of ether oxygens (including phenoxy) is 2. The number of aliphatic hydroxyl groups excluding tert-OH is 1. The van der Waals surface area contributed by atoms with Crippen molar-refractivity contribution in [2.75, 3.05) is 13.2 Å². The van der Waals surface area contributed by atoms with Crippen LogP contribution in [0.4, 0.5) is 0 Å². The molecular weight excluding hydrogens is 500 g/mol. The van der Waals surface area contributed by atoms with Gasteiger partial charge in [0.05, 0.1) is 23.0 Å². The molecule has 2 unspecified atom stereocenters. The van der Waals surface area contributed by atoms with Crippen LogP contribution in [0.5, 0.6) is 5.75 Å². The molecule has 2 aromatic heterocycles. The summed E-state index contributed by atoms with van der Waals surface area (Å²) in [6.07, 6.45) is 2.64. The predicted octanol–water partition coefficient (Wildman–Crippen LogP) is 6.05. The second-order valence-electron chi connectivity index (χ2n) is 11.7. The third kappa shape index (κ3) is 7.82. The van der Waals surface area contributed by atoms with Crippen molar-refractivity contribution < 1.29 is 23.8 Å². The first-order chi connectivity index (χ1) is 17.7. The fourth-order valence-corrected chi connectivity index (χ4v) is 5.38. The smallest absolute Gasteiger partial charge is 0.313 e. The summed E-state index contributed by atoms with van der Waals surface area (Å²) in [5.74, 6) is 1.19. The van der Waals surface area contributed by atoms with Gasteiger partial charge in [0.2, 0.25) is 0 Å². The molecule has 0 saturated heterocycles. The lowest BCUT2D eigenvalue weighted by Crippen LogP contribution is -2.58. The van der Waals surface area contributed by atoms with Gasteiger partial charge in [0.1, 0.15) is 23.7 Å². The minimum atomic E-state index is -0.975. The van der Waals surface area contributed by atoms with Crippen LogP contribution in [0, 0.1) is 5.41 Å². The summed E-state index contributed by atoms with van der Waals surface area (Å²) in [6, 6.07) is 12.2. The molecule has 2 heterocycles. The number of unbranched alkanes of at least 4 members (excludes halogenated alkanes) is 1. The van der Waals surface area contributed by atoms with E-state index in [0.717, 1.165) is 46.6 Å². The summed E-state index contributed by atoms with van der Waals surface area (Å²) in [4.78, 5) is 15.4. The number of aliphatic hydroxyl groups is 1. The van der Waals surface area contributed by atoms with Crippen molar-refractivity contribution in [3.63, 3.8) is 0 Å². The zero-order valence-electron chi connectivity index (χ0n) is 23.6. The summed E-state index contributed by atoms with van der Waals surface area (Å²) in [7, 11) is 0. The molecule has 7 nitrogen and oxygen atoms in total. The molecule has 0 radical (unpaired) electrons. The van der Waals surface area contributed by atoms with Gasteiger partial charge in [-0.1, -0.05) is 6.92 Å². The van der Waals surface area contributed by atoms with Crippen LogP contribution in [-0.4, -0.2) is 41.5 Å². The van der Waals surface area contributed by atoms with E-state index in [1.165, 1.54) is 4.88 Å². The number of fused-ring (bicyclic) bond motifs is 1. The number of benzene rings is 1. The monoisotopic (exact) mass is 544 g/mol. The molecule has 2 atom stereocenters. The number of hydrogen-bond donors (Lipinski definition) is 3. The van der Waals surface area contributed by atoms with E-state index in [1.54, 1.807) is 32.1 Å². The van der Waals surface area contributed by atoms with Gasteiger partial charge in [-0.25, -0.2) is 0 Å². The Morgan fingerprint density at radius 1 is 1.08 bits per heavy atom. The van der Waals surface area contributed by atoms with Crippen LogP contribution in [-0.2, 0) is 16.0 Å². The Labute approximate surface area is 230 Å². The highest BCUT2D eigenvalue weighted by Gasteiger charge is 2.48. The molecule has 1 aromatic carbocycles. The first kappa shape index (κ1) is 30.2. The molecule has 0 aliphatic rings. The van der Waals surface area contributed by atoms with Gasteiger partial charge < -0.3 is 30.5 Å². The maximum atomic E-state index is 12.9. The van der Waals surface area contributed by atoms with Crippen LogP contribution < -0.4 is 16.2 Å². The Balaban J connectivity index is 1.42. The first-order valence-corrected chi connectivity index (χ1v) is 14.2. The highest BCUT2D eigenvalue weighted by molar-refractivity contribution is 7.15. The fraction of sp³-hybridized carbons (Fsp3) is 0.567. The summed E-state index contributed by atoms with van der Waals surface area (Å²) in [6.45, 7) is 11.7. The lowest BCUT2D eigenvalue weighted by Gasteiger charge is -2.43. The lowest BCUT2D eigenvalue weighted by atomic mass is 9.67. The molecule has 0 aliphatic carbocycles. The van der Waals surface area contributed by atoms with Crippen LogP contribution in [0.15, 0.2) is 40.8 Å². The largest absolute Gasteiger partial charge is 0.493 e. The normalized spacial score (nSPS) is 14.9. The molecule has 210 valence electrons. The highest BCUT2D eigenvalue weighted by atomic mass is 32.1. The average molecular weight is 545 g/mol. The SMILES string of the molecule is CCc1ccc(-c2cc3ccc(OCCCCC(O)COC(=O)C(C)(CC(C)(C)N)C(C)(C)N)cc3o2)s1. The number of hydrogen-bond acceptors (Lipinski definition) is 8. The van der Waals surface area contributed by atoms with Crippen LogP contribution in [0.1, 0.15) is 72.1 Å². The Morgan fingerprint density at radius 2 is 1.82 bits per heavy atom. The molecule has 0 bridgehead atoms. The van der Waals surface area contributed by atoms with Crippen LogP contribution in [0.2, 0.25) is 0 Å². The average Bonchev–Trinajstić information content (AvgIpc) is 3.47. The summed E-state index contributed by atoms with van der Waals surface area (Å²) >= 11 is 1.75. The maximum absolute atomic E-state index is 12.9. The topological polar surface area (TPSA) is 121 Å². The van der Waals surface area contributed by atoms with Gasteiger partial charge in [-0.05, 0) is 97.1 Å². The van der Waals surface area contributed by atoms with Crippen molar-refractivity contribution >= 4 is 28.3 Å². The second-order valence-corrected chi connectivity index (χ2v) is 12.9. The molecular formula is C30H44N2O5S. The molecule has 8 heteroatoms. The van der Waals surface area contributed by atoms with E-state index in [0.29, 0.717) is 19.4 Å². The van der Waals surface area contributed by atoms with Gasteiger partial charge in [-0.3, -0.25) is 4.79 Å². The Hall–Kier alpha value is -2.39. The molecule has 0 saturated carbocycles.